The molecule has 1 aliphatic rings. The minimum Gasteiger partial charge on any atom is -0.393 e. The van der Waals surface area contributed by atoms with E-state index in [2.05, 4.69) is 0 Å². The Hall–Kier alpha value is -1.81. The third-order valence-electron chi connectivity index (χ3n) is 3.38. The Morgan fingerprint density at radius 2 is 2.10 bits per heavy atom. The van der Waals surface area contributed by atoms with Crippen molar-refractivity contribution in [1.29, 1.82) is 5.26 Å². The van der Waals surface area contributed by atoms with Crippen molar-refractivity contribution in [2.45, 2.75) is 18.3 Å². The van der Waals surface area contributed by atoms with Crippen LogP contribution in [0.5, 0.6) is 0 Å². The second-order valence-electron chi connectivity index (χ2n) is 4.82. The van der Waals surface area contributed by atoms with Crippen LogP contribution in [0.2, 0.25) is 0 Å². The number of halogens is 4. The van der Waals surface area contributed by atoms with Crippen LogP contribution < -0.4 is 4.90 Å². The zero-order valence-electron chi connectivity index (χ0n) is 10.4. The fourth-order valence-corrected chi connectivity index (χ4v) is 2.25. The van der Waals surface area contributed by atoms with Crippen molar-refractivity contribution in [2.75, 3.05) is 24.6 Å². The molecule has 1 aliphatic heterocycles. The summed E-state index contributed by atoms with van der Waals surface area (Å²) >= 11 is 0. The van der Waals surface area contributed by atoms with Crippen molar-refractivity contribution in [3.8, 4) is 6.07 Å². The zero-order chi connectivity index (χ0) is 15.0. The van der Waals surface area contributed by atoms with Crippen LogP contribution in [0.15, 0.2) is 18.2 Å². The standard InChI is InChI=1S/C13H12F4N2O/c14-12(8-20)3-4-19(7-12)10-2-1-9(6-18)11(5-10)13(15,16)17/h1-2,5,20H,3-4,7-8H2. The van der Waals surface area contributed by atoms with Crippen molar-refractivity contribution >= 4 is 5.69 Å². The molecule has 1 N–H and O–H groups in total. The molecule has 7 heteroatoms. The van der Waals surface area contributed by atoms with Gasteiger partial charge in [0.05, 0.1) is 30.3 Å². The molecule has 20 heavy (non-hydrogen) atoms. The molecule has 0 spiro atoms. The van der Waals surface area contributed by atoms with Gasteiger partial charge in [-0.3, -0.25) is 0 Å². The Bertz CT molecular complexity index is 552. The lowest BCUT2D eigenvalue weighted by atomic mass is 10.1. The van der Waals surface area contributed by atoms with Crippen molar-refractivity contribution in [2.24, 2.45) is 0 Å². The minimum atomic E-state index is -4.63. The molecule has 1 fully saturated rings. The van der Waals surface area contributed by atoms with E-state index in [4.69, 9.17) is 10.4 Å². The summed E-state index contributed by atoms with van der Waals surface area (Å²) in [6.45, 7) is -0.598. The Balaban J connectivity index is 2.34. The van der Waals surface area contributed by atoms with Crippen LogP contribution in [0.25, 0.3) is 0 Å². The molecule has 0 aromatic heterocycles. The molecule has 0 aliphatic carbocycles. The number of nitriles is 1. The fraction of sp³-hybridized carbons (Fsp3) is 0.462. The molecule has 108 valence electrons. The summed E-state index contributed by atoms with van der Waals surface area (Å²) in [5.41, 5.74) is -3.08. The first-order valence-corrected chi connectivity index (χ1v) is 5.95. The van der Waals surface area contributed by atoms with Gasteiger partial charge in [0.15, 0.2) is 5.67 Å². The second-order valence-corrected chi connectivity index (χ2v) is 4.82. The summed E-state index contributed by atoms with van der Waals surface area (Å²) in [7, 11) is 0. The summed E-state index contributed by atoms with van der Waals surface area (Å²) in [4.78, 5) is 1.44. The molecule has 0 amide bonds. The predicted molar refractivity (Wildman–Crippen MR) is 63.9 cm³/mol. The first kappa shape index (κ1) is 14.6. The van der Waals surface area contributed by atoms with Crippen LogP contribution in [0.3, 0.4) is 0 Å². The number of benzene rings is 1. The van der Waals surface area contributed by atoms with Crippen molar-refractivity contribution < 1.29 is 22.7 Å². The van der Waals surface area contributed by atoms with Gasteiger partial charge in [-0.2, -0.15) is 18.4 Å². The molecule has 0 radical (unpaired) electrons. The van der Waals surface area contributed by atoms with Crippen LogP contribution in [-0.2, 0) is 6.18 Å². The van der Waals surface area contributed by atoms with E-state index >= 15 is 0 Å². The highest BCUT2D eigenvalue weighted by molar-refractivity contribution is 5.55. The largest absolute Gasteiger partial charge is 0.417 e. The number of anilines is 1. The van der Waals surface area contributed by atoms with E-state index in [0.29, 0.717) is 0 Å². The molecule has 1 atom stereocenters. The number of alkyl halides is 4. The predicted octanol–water partition coefficient (Wildman–Crippen LogP) is 2.49. The smallest absolute Gasteiger partial charge is 0.393 e. The van der Waals surface area contributed by atoms with Gasteiger partial charge < -0.3 is 10.0 Å². The van der Waals surface area contributed by atoms with Gasteiger partial charge in [0.1, 0.15) is 0 Å². The highest BCUT2D eigenvalue weighted by atomic mass is 19.4. The van der Waals surface area contributed by atoms with Gasteiger partial charge in [0, 0.05) is 18.7 Å². The Labute approximate surface area is 113 Å². The maximum absolute atomic E-state index is 13.9. The topological polar surface area (TPSA) is 47.3 Å². The molecule has 1 unspecified atom stereocenters. The van der Waals surface area contributed by atoms with E-state index in [9.17, 15) is 17.6 Å². The maximum Gasteiger partial charge on any atom is 0.417 e. The highest BCUT2D eigenvalue weighted by Crippen LogP contribution is 2.36. The first-order chi connectivity index (χ1) is 9.29. The van der Waals surface area contributed by atoms with Crippen LogP contribution in [0.1, 0.15) is 17.5 Å². The van der Waals surface area contributed by atoms with Gasteiger partial charge in [-0.15, -0.1) is 0 Å². The number of nitrogens with zero attached hydrogens (tertiary/aromatic N) is 2. The van der Waals surface area contributed by atoms with E-state index in [1.165, 1.54) is 17.0 Å². The summed E-state index contributed by atoms with van der Waals surface area (Å²) in [5, 5.41) is 17.6. The Morgan fingerprint density at radius 1 is 1.40 bits per heavy atom. The van der Waals surface area contributed by atoms with Gasteiger partial charge in [-0.25, -0.2) is 4.39 Å². The lowest BCUT2D eigenvalue weighted by molar-refractivity contribution is -0.137. The molecule has 0 bridgehead atoms. The van der Waals surface area contributed by atoms with E-state index in [0.717, 1.165) is 12.1 Å². The molecule has 1 aromatic carbocycles. The van der Waals surface area contributed by atoms with E-state index in [1.54, 1.807) is 0 Å². The quantitative estimate of drug-likeness (QED) is 0.851. The second kappa shape index (κ2) is 4.94. The average Bonchev–Trinajstić information content (AvgIpc) is 2.80. The van der Waals surface area contributed by atoms with Crippen molar-refractivity contribution in [3.63, 3.8) is 0 Å². The summed E-state index contributed by atoms with van der Waals surface area (Å²) < 4.78 is 52.4. The molecule has 0 saturated carbocycles. The maximum atomic E-state index is 13.9. The molecule has 3 nitrogen and oxygen atoms in total. The van der Waals surface area contributed by atoms with Gasteiger partial charge >= 0.3 is 6.18 Å². The SMILES string of the molecule is N#Cc1ccc(N2CCC(F)(CO)C2)cc1C(F)(F)F. The van der Waals surface area contributed by atoms with Crippen LogP contribution in [-0.4, -0.2) is 30.5 Å². The monoisotopic (exact) mass is 288 g/mol. The summed E-state index contributed by atoms with van der Waals surface area (Å²) in [6, 6.07) is 4.78. The normalized spacial score (nSPS) is 22.9. The lowest BCUT2D eigenvalue weighted by Gasteiger charge is -2.22. The molecule has 1 aromatic rings. The third-order valence-corrected chi connectivity index (χ3v) is 3.38. The van der Waals surface area contributed by atoms with Gasteiger partial charge in [0.2, 0.25) is 0 Å². The van der Waals surface area contributed by atoms with Gasteiger partial charge in [-0.05, 0) is 18.2 Å². The Kier molecular flexibility index (Phi) is 3.61. The van der Waals surface area contributed by atoms with E-state index in [-0.39, 0.29) is 25.2 Å². The number of aliphatic hydroxyl groups is 1. The average molecular weight is 288 g/mol. The highest BCUT2D eigenvalue weighted by Gasteiger charge is 2.39. The molecular weight excluding hydrogens is 276 g/mol. The molecule has 2 rings (SSSR count). The number of rotatable bonds is 2. The fourth-order valence-electron chi connectivity index (χ4n) is 2.25. The first-order valence-electron chi connectivity index (χ1n) is 5.95. The van der Waals surface area contributed by atoms with Crippen molar-refractivity contribution in [3.05, 3.63) is 29.3 Å². The lowest BCUT2D eigenvalue weighted by Crippen LogP contribution is -2.32. The number of hydrogen-bond acceptors (Lipinski definition) is 3. The van der Waals surface area contributed by atoms with E-state index < -0.39 is 29.6 Å². The van der Waals surface area contributed by atoms with Crippen LogP contribution in [0, 0.1) is 11.3 Å². The van der Waals surface area contributed by atoms with E-state index in [1.807, 2.05) is 0 Å². The number of hydrogen-bond donors (Lipinski definition) is 1. The van der Waals surface area contributed by atoms with Gasteiger partial charge in [-0.1, -0.05) is 0 Å². The minimum absolute atomic E-state index is 0.0604. The Morgan fingerprint density at radius 3 is 2.60 bits per heavy atom. The molecule has 1 saturated heterocycles. The third kappa shape index (κ3) is 2.70. The summed E-state index contributed by atoms with van der Waals surface area (Å²) in [6.07, 6.45) is -4.57. The van der Waals surface area contributed by atoms with Gasteiger partial charge in [0.25, 0.3) is 0 Å². The zero-order valence-corrected chi connectivity index (χ0v) is 10.4. The summed E-state index contributed by atoms with van der Waals surface area (Å²) in [5.74, 6) is 0. The molecule has 1 heterocycles. The van der Waals surface area contributed by atoms with Crippen LogP contribution in [0.4, 0.5) is 23.2 Å². The number of aliphatic hydroxyl groups excluding tert-OH is 1. The molecular formula is C13H12F4N2O. The van der Waals surface area contributed by atoms with Crippen LogP contribution >= 0.6 is 0 Å². The van der Waals surface area contributed by atoms with Crippen molar-refractivity contribution in [1.82, 2.24) is 0 Å².